The van der Waals surface area contributed by atoms with Gasteiger partial charge in [0.15, 0.2) is 0 Å². The molecule has 0 fully saturated rings. The monoisotopic (exact) mass is 265 g/mol. The first-order chi connectivity index (χ1) is 8.58. The van der Waals surface area contributed by atoms with Crippen molar-refractivity contribution >= 4 is 29.1 Å². The summed E-state index contributed by atoms with van der Waals surface area (Å²) in [6, 6.07) is 4.71. The number of nitrogens with two attached hydrogens (primary N) is 2. The third-order valence-corrected chi connectivity index (χ3v) is 3.44. The summed E-state index contributed by atoms with van der Waals surface area (Å²) in [4.78, 5) is 11.3. The van der Waals surface area contributed by atoms with Crippen molar-refractivity contribution in [2.75, 3.05) is 5.75 Å². The van der Waals surface area contributed by atoms with Crippen LogP contribution in [-0.2, 0) is 0 Å². The molecular weight excluding hydrogens is 254 g/mol. The Morgan fingerprint density at radius 1 is 1.44 bits per heavy atom. The smallest absolute Gasteiger partial charge is 0.270 e. The average Bonchev–Trinajstić information content (AvgIpc) is 2.35. The number of benzene rings is 1. The van der Waals surface area contributed by atoms with E-state index in [9.17, 15) is 10.1 Å². The van der Waals surface area contributed by atoms with Crippen LogP contribution in [-0.4, -0.2) is 22.3 Å². The van der Waals surface area contributed by atoms with E-state index in [4.69, 9.17) is 11.5 Å². The summed E-state index contributed by atoms with van der Waals surface area (Å²) in [5.41, 5.74) is 11.9. The second-order valence-corrected chi connectivity index (χ2v) is 4.74. The average molecular weight is 265 g/mol. The number of rotatable bonds is 2. The summed E-state index contributed by atoms with van der Waals surface area (Å²) in [7, 11) is 0. The van der Waals surface area contributed by atoms with Gasteiger partial charge in [-0.2, -0.15) is 5.10 Å². The molecule has 94 valence electrons. The highest BCUT2D eigenvalue weighted by molar-refractivity contribution is 7.99. The molecule has 7 nitrogen and oxygen atoms in total. The van der Waals surface area contributed by atoms with Crippen molar-refractivity contribution in [1.82, 2.24) is 0 Å². The van der Waals surface area contributed by atoms with E-state index in [1.807, 2.05) is 0 Å². The van der Waals surface area contributed by atoms with Crippen molar-refractivity contribution in [3.8, 4) is 0 Å². The van der Waals surface area contributed by atoms with Gasteiger partial charge < -0.3 is 11.5 Å². The number of nitrogens with zero attached hydrogens (tertiary/aromatic N) is 3. The first-order valence-electron chi connectivity index (χ1n) is 5.15. The van der Waals surface area contributed by atoms with Gasteiger partial charge in [0.25, 0.3) is 5.69 Å². The summed E-state index contributed by atoms with van der Waals surface area (Å²) < 4.78 is 0. The first kappa shape index (κ1) is 12.4. The van der Waals surface area contributed by atoms with Crippen molar-refractivity contribution < 1.29 is 4.92 Å². The normalized spacial score (nSPS) is 16.1. The first-order valence-corrected chi connectivity index (χ1v) is 6.13. The number of fused-ring (bicyclic) bond motifs is 1. The number of hydrogen-bond acceptors (Lipinski definition) is 5. The Morgan fingerprint density at radius 3 is 2.89 bits per heavy atom. The van der Waals surface area contributed by atoms with Gasteiger partial charge in [0, 0.05) is 34.8 Å². The Labute approximate surface area is 107 Å². The molecule has 0 aromatic heterocycles. The molecule has 0 unspecified atom stereocenters. The predicted octanol–water partition coefficient (Wildman–Crippen LogP) is 1.07. The molecule has 8 heteroatoms. The maximum Gasteiger partial charge on any atom is 0.270 e. The quantitative estimate of drug-likeness (QED) is 0.358. The zero-order chi connectivity index (χ0) is 13.1. The van der Waals surface area contributed by atoms with E-state index in [0.29, 0.717) is 12.1 Å². The van der Waals surface area contributed by atoms with Crippen LogP contribution in [0, 0.1) is 10.1 Å². The van der Waals surface area contributed by atoms with E-state index in [0.717, 1.165) is 16.2 Å². The van der Waals surface area contributed by atoms with Gasteiger partial charge in [-0.05, 0) is 6.07 Å². The van der Waals surface area contributed by atoms with Crippen molar-refractivity contribution in [2.45, 2.75) is 11.3 Å². The van der Waals surface area contributed by atoms with Gasteiger partial charge in [-0.3, -0.25) is 10.1 Å². The second-order valence-electron chi connectivity index (χ2n) is 3.61. The minimum absolute atomic E-state index is 0.0358. The standard InChI is InChI=1S/C10H11N5O2S/c11-10(12)14-13-8-3-4-18-9-2-1-6(15(16)17)5-7(8)9/h1-2,5H,3-4H2,(H4,11,12,14)/b13-8+. The molecule has 2 rings (SSSR count). The highest BCUT2D eigenvalue weighted by atomic mass is 32.2. The maximum absolute atomic E-state index is 10.8. The molecule has 4 N–H and O–H groups in total. The van der Waals surface area contributed by atoms with E-state index < -0.39 is 4.92 Å². The molecule has 1 aliphatic heterocycles. The SMILES string of the molecule is NC(N)=N/N=C1\CCSc2ccc([N+](=O)[O-])cc21. The molecule has 0 atom stereocenters. The Kier molecular flexibility index (Phi) is 3.47. The number of non-ortho nitro benzene ring substituents is 1. The highest BCUT2D eigenvalue weighted by Gasteiger charge is 2.19. The largest absolute Gasteiger partial charge is 0.369 e. The van der Waals surface area contributed by atoms with Crippen LogP contribution < -0.4 is 11.5 Å². The van der Waals surface area contributed by atoms with E-state index in [-0.39, 0.29) is 11.6 Å². The molecule has 0 saturated carbocycles. The number of hydrogen-bond donors (Lipinski definition) is 2. The fraction of sp³-hybridized carbons (Fsp3) is 0.200. The van der Waals surface area contributed by atoms with Crippen LogP contribution in [0.2, 0.25) is 0 Å². The molecule has 0 bridgehead atoms. The number of nitro groups is 1. The molecule has 0 aliphatic carbocycles. The zero-order valence-corrected chi connectivity index (χ0v) is 10.2. The van der Waals surface area contributed by atoms with Crippen LogP contribution >= 0.6 is 11.8 Å². The van der Waals surface area contributed by atoms with Crippen LogP contribution in [0.3, 0.4) is 0 Å². The van der Waals surface area contributed by atoms with Crippen LogP contribution in [0.1, 0.15) is 12.0 Å². The van der Waals surface area contributed by atoms with Crippen LogP contribution in [0.4, 0.5) is 5.69 Å². The molecule has 0 radical (unpaired) electrons. The predicted molar refractivity (Wildman–Crippen MR) is 70.8 cm³/mol. The molecule has 0 amide bonds. The third-order valence-electron chi connectivity index (χ3n) is 2.37. The van der Waals surface area contributed by atoms with Crippen molar-refractivity contribution in [3.05, 3.63) is 33.9 Å². The molecule has 1 aromatic carbocycles. The van der Waals surface area contributed by atoms with Crippen LogP contribution in [0.15, 0.2) is 33.3 Å². The Morgan fingerprint density at radius 2 is 2.22 bits per heavy atom. The lowest BCUT2D eigenvalue weighted by atomic mass is 10.1. The van der Waals surface area contributed by atoms with E-state index in [1.165, 1.54) is 12.1 Å². The maximum atomic E-state index is 10.8. The summed E-state index contributed by atoms with van der Waals surface area (Å²) in [6.45, 7) is 0. The topological polar surface area (TPSA) is 120 Å². The third kappa shape index (κ3) is 2.59. The van der Waals surface area contributed by atoms with Gasteiger partial charge in [-0.25, -0.2) is 0 Å². The van der Waals surface area contributed by atoms with Gasteiger partial charge >= 0.3 is 0 Å². The number of thioether (sulfide) groups is 1. The summed E-state index contributed by atoms with van der Waals surface area (Å²) in [5, 5.41) is 18.3. The molecular formula is C10H11N5O2S. The number of nitro benzene ring substituents is 1. The lowest BCUT2D eigenvalue weighted by Crippen LogP contribution is -2.22. The van der Waals surface area contributed by atoms with Gasteiger partial charge in [-0.1, -0.05) is 0 Å². The lowest BCUT2D eigenvalue weighted by Gasteiger charge is -2.15. The minimum atomic E-state index is -0.433. The number of guanidine groups is 1. The Hall–Kier alpha value is -2.09. The Bertz CT molecular complexity index is 551. The molecule has 1 aliphatic rings. The molecule has 0 spiro atoms. The van der Waals surface area contributed by atoms with Gasteiger partial charge in [0.1, 0.15) is 0 Å². The van der Waals surface area contributed by atoms with Crippen LogP contribution in [0.25, 0.3) is 0 Å². The fourth-order valence-corrected chi connectivity index (χ4v) is 2.61. The van der Waals surface area contributed by atoms with Crippen LogP contribution in [0.5, 0.6) is 0 Å². The van der Waals surface area contributed by atoms with Crippen molar-refractivity contribution in [2.24, 2.45) is 21.7 Å². The fourth-order valence-electron chi connectivity index (χ4n) is 1.60. The lowest BCUT2D eigenvalue weighted by molar-refractivity contribution is -0.384. The summed E-state index contributed by atoms with van der Waals surface area (Å²) in [5.74, 6) is 0.719. The second kappa shape index (κ2) is 5.05. The van der Waals surface area contributed by atoms with E-state index >= 15 is 0 Å². The molecule has 18 heavy (non-hydrogen) atoms. The minimum Gasteiger partial charge on any atom is -0.369 e. The Balaban J connectivity index is 2.47. The molecule has 1 heterocycles. The highest BCUT2D eigenvalue weighted by Crippen LogP contribution is 2.32. The van der Waals surface area contributed by atoms with Gasteiger partial charge in [0.05, 0.1) is 10.6 Å². The summed E-state index contributed by atoms with van der Waals surface area (Å²) >= 11 is 1.63. The van der Waals surface area contributed by atoms with E-state index in [1.54, 1.807) is 17.8 Å². The molecule has 0 saturated heterocycles. The van der Waals surface area contributed by atoms with Crippen molar-refractivity contribution in [1.29, 1.82) is 0 Å². The molecule has 1 aromatic rings. The van der Waals surface area contributed by atoms with Gasteiger partial charge in [0.2, 0.25) is 5.96 Å². The van der Waals surface area contributed by atoms with Crippen molar-refractivity contribution in [3.63, 3.8) is 0 Å². The zero-order valence-electron chi connectivity index (χ0n) is 9.37. The van der Waals surface area contributed by atoms with Gasteiger partial charge in [-0.15, -0.1) is 16.9 Å². The summed E-state index contributed by atoms with van der Waals surface area (Å²) in [6.07, 6.45) is 0.676. The van der Waals surface area contributed by atoms with E-state index in [2.05, 4.69) is 10.2 Å².